The van der Waals surface area contributed by atoms with Crippen molar-refractivity contribution in [3.8, 4) is 0 Å². The summed E-state index contributed by atoms with van der Waals surface area (Å²) in [6.07, 6.45) is 5.66. The number of aliphatic carboxylic acids is 1. The Balaban J connectivity index is 2.24. The molecule has 70 valence electrons. The van der Waals surface area contributed by atoms with Gasteiger partial charge in [0.2, 0.25) is 0 Å². The van der Waals surface area contributed by atoms with Gasteiger partial charge in [-0.3, -0.25) is 4.79 Å². The molecule has 3 heteroatoms. The number of hydrogen-bond donors (Lipinski definition) is 2. The molecule has 12 heavy (non-hydrogen) atoms. The highest BCUT2D eigenvalue weighted by atomic mass is 16.4. The normalized spacial score (nSPS) is 30.1. The zero-order chi connectivity index (χ0) is 8.97. The van der Waals surface area contributed by atoms with Gasteiger partial charge in [0.15, 0.2) is 0 Å². The lowest BCUT2D eigenvalue weighted by molar-refractivity contribution is -0.137. The summed E-state index contributed by atoms with van der Waals surface area (Å²) in [4.78, 5) is 10.3. The largest absolute Gasteiger partial charge is 0.481 e. The summed E-state index contributed by atoms with van der Waals surface area (Å²) in [7, 11) is 0. The third-order valence-electron chi connectivity index (χ3n) is 2.70. The number of carbonyl (C=O) groups is 1. The maximum Gasteiger partial charge on any atom is 0.303 e. The highest BCUT2D eigenvalue weighted by molar-refractivity contribution is 5.66. The number of nitrogens with two attached hydrogens (primary N) is 1. The Morgan fingerprint density at radius 3 is 2.67 bits per heavy atom. The summed E-state index contributed by atoms with van der Waals surface area (Å²) in [5, 5.41) is 8.49. The first kappa shape index (κ1) is 9.52. The third kappa shape index (κ3) is 2.81. The summed E-state index contributed by atoms with van der Waals surface area (Å²) in [6, 6.07) is 0.248. The molecule has 1 saturated carbocycles. The van der Waals surface area contributed by atoms with Gasteiger partial charge < -0.3 is 10.8 Å². The molecular weight excluding hydrogens is 154 g/mol. The zero-order valence-corrected chi connectivity index (χ0v) is 7.33. The van der Waals surface area contributed by atoms with Crippen molar-refractivity contribution < 1.29 is 9.90 Å². The van der Waals surface area contributed by atoms with E-state index in [-0.39, 0.29) is 12.5 Å². The zero-order valence-electron chi connectivity index (χ0n) is 7.33. The van der Waals surface area contributed by atoms with Gasteiger partial charge in [0.25, 0.3) is 0 Å². The molecule has 0 aromatic heterocycles. The maximum atomic E-state index is 10.3. The van der Waals surface area contributed by atoms with E-state index < -0.39 is 5.97 Å². The van der Waals surface area contributed by atoms with Crippen molar-refractivity contribution in [3.63, 3.8) is 0 Å². The minimum Gasteiger partial charge on any atom is -0.481 e. The van der Waals surface area contributed by atoms with Crippen molar-refractivity contribution in [1.29, 1.82) is 0 Å². The number of carboxylic acid groups (broad SMARTS) is 1. The van der Waals surface area contributed by atoms with Crippen LogP contribution in [0.3, 0.4) is 0 Å². The minimum atomic E-state index is -0.701. The van der Waals surface area contributed by atoms with E-state index in [9.17, 15) is 4.79 Å². The number of hydrogen-bond acceptors (Lipinski definition) is 2. The fourth-order valence-electron chi connectivity index (χ4n) is 1.90. The monoisotopic (exact) mass is 171 g/mol. The molecular formula is C9H17NO2. The van der Waals surface area contributed by atoms with Crippen LogP contribution in [-0.2, 0) is 4.79 Å². The molecule has 1 aliphatic carbocycles. The van der Waals surface area contributed by atoms with E-state index in [1.807, 2.05) is 0 Å². The van der Waals surface area contributed by atoms with E-state index in [1.54, 1.807) is 0 Å². The van der Waals surface area contributed by atoms with E-state index in [0.717, 1.165) is 19.3 Å². The van der Waals surface area contributed by atoms with Gasteiger partial charge in [0.1, 0.15) is 0 Å². The van der Waals surface area contributed by atoms with Crippen molar-refractivity contribution in [1.82, 2.24) is 0 Å². The molecule has 3 N–H and O–H groups in total. The summed E-state index contributed by atoms with van der Waals surface area (Å²) in [5.41, 5.74) is 5.87. The van der Waals surface area contributed by atoms with Crippen molar-refractivity contribution >= 4 is 5.97 Å². The van der Waals surface area contributed by atoms with E-state index in [1.165, 1.54) is 12.8 Å². The molecule has 3 nitrogen and oxygen atoms in total. The Morgan fingerprint density at radius 2 is 2.08 bits per heavy atom. The fourth-order valence-corrected chi connectivity index (χ4v) is 1.90. The lowest BCUT2D eigenvalue weighted by Gasteiger charge is -2.27. The van der Waals surface area contributed by atoms with E-state index in [4.69, 9.17) is 10.8 Å². The molecule has 0 saturated heterocycles. The summed E-state index contributed by atoms with van der Waals surface area (Å²) in [5.74, 6) is -0.248. The topological polar surface area (TPSA) is 63.3 Å². The molecule has 0 radical (unpaired) electrons. The van der Waals surface area contributed by atoms with Crippen LogP contribution in [0.1, 0.15) is 38.5 Å². The second-order valence-corrected chi connectivity index (χ2v) is 3.64. The van der Waals surface area contributed by atoms with Gasteiger partial charge >= 0.3 is 5.97 Å². The Morgan fingerprint density at radius 1 is 1.42 bits per heavy atom. The Kier molecular flexibility index (Phi) is 3.53. The summed E-state index contributed by atoms with van der Waals surface area (Å²) >= 11 is 0. The quantitative estimate of drug-likeness (QED) is 0.674. The van der Waals surface area contributed by atoms with Crippen LogP contribution < -0.4 is 5.73 Å². The van der Waals surface area contributed by atoms with Crippen LogP contribution >= 0.6 is 0 Å². The summed E-state index contributed by atoms with van der Waals surface area (Å²) in [6.45, 7) is 0. The van der Waals surface area contributed by atoms with Crippen LogP contribution in [0, 0.1) is 5.92 Å². The van der Waals surface area contributed by atoms with Gasteiger partial charge in [-0.2, -0.15) is 0 Å². The van der Waals surface area contributed by atoms with Crippen LogP contribution in [0.2, 0.25) is 0 Å². The number of rotatable bonds is 3. The molecule has 1 fully saturated rings. The third-order valence-corrected chi connectivity index (χ3v) is 2.70. The van der Waals surface area contributed by atoms with Crippen molar-refractivity contribution in [2.24, 2.45) is 11.7 Å². The summed E-state index contributed by atoms with van der Waals surface area (Å²) < 4.78 is 0. The Bertz CT molecular complexity index is 159. The van der Waals surface area contributed by atoms with Crippen LogP contribution in [0.4, 0.5) is 0 Å². The lowest BCUT2D eigenvalue weighted by atomic mass is 9.82. The predicted molar refractivity (Wildman–Crippen MR) is 46.8 cm³/mol. The molecule has 0 aromatic carbocycles. The van der Waals surface area contributed by atoms with Crippen LogP contribution in [0.5, 0.6) is 0 Å². The lowest BCUT2D eigenvalue weighted by Crippen LogP contribution is -2.33. The van der Waals surface area contributed by atoms with E-state index in [2.05, 4.69) is 0 Å². The highest BCUT2D eigenvalue weighted by Crippen LogP contribution is 2.26. The van der Waals surface area contributed by atoms with Gasteiger partial charge in [0.05, 0.1) is 0 Å². The molecule has 0 spiro atoms. The molecule has 1 rings (SSSR count). The van der Waals surface area contributed by atoms with Crippen molar-refractivity contribution in [2.75, 3.05) is 0 Å². The smallest absolute Gasteiger partial charge is 0.303 e. The van der Waals surface area contributed by atoms with Gasteiger partial charge in [-0.15, -0.1) is 0 Å². The van der Waals surface area contributed by atoms with Gasteiger partial charge in [0, 0.05) is 12.5 Å². The molecule has 0 aliphatic heterocycles. The van der Waals surface area contributed by atoms with Gasteiger partial charge in [-0.05, 0) is 25.2 Å². The van der Waals surface area contributed by atoms with E-state index in [0.29, 0.717) is 5.92 Å². The second kappa shape index (κ2) is 4.45. The average molecular weight is 171 g/mol. The predicted octanol–water partition coefficient (Wildman–Crippen LogP) is 1.37. The molecule has 2 unspecified atom stereocenters. The molecule has 1 aliphatic rings. The molecule has 0 amide bonds. The minimum absolute atomic E-state index is 0.248. The fraction of sp³-hybridized carbons (Fsp3) is 0.889. The first-order chi connectivity index (χ1) is 5.70. The van der Waals surface area contributed by atoms with Crippen LogP contribution in [0.25, 0.3) is 0 Å². The Labute approximate surface area is 72.9 Å². The standard InChI is InChI=1S/C9H17NO2/c10-8-4-2-1-3-7(8)5-6-9(11)12/h7-8H,1-6,10H2,(H,11,12). The second-order valence-electron chi connectivity index (χ2n) is 3.64. The highest BCUT2D eigenvalue weighted by Gasteiger charge is 2.21. The Hall–Kier alpha value is -0.570. The van der Waals surface area contributed by atoms with Gasteiger partial charge in [-0.25, -0.2) is 0 Å². The van der Waals surface area contributed by atoms with Crippen molar-refractivity contribution in [2.45, 2.75) is 44.6 Å². The molecule has 0 bridgehead atoms. The number of carboxylic acids is 1. The maximum absolute atomic E-state index is 10.3. The molecule has 0 heterocycles. The van der Waals surface area contributed by atoms with Crippen molar-refractivity contribution in [3.05, 3.63) is 0 Å². The van der Waals surface area contributed by atoms with Gasteiger partial charge in [-0.1, -0.05) is 12.8 Å². The first-order valence-electron chi connectivity index (χ1n) is 4.67. The van der Waals surface area contributed by atoms with Crippen LogP contribution in [0.15, 0.2) is 0 Å². The van der Waals surface area contributed by atoms with E-state index >= 15 is 0 Å². The average Bonchev–Trinajstić information content (AvgIpc) is 2.03. The first-order valence-corrected chi connectivity index (χ1v) is 4.67. The molecule has 0 aromatic rings. The SMILES string of the molecule is NC1CCCCC1CCC(=O)O. The van der Waals surface area contributed by atoms with Crippen LogP contribution in [-0.4, -0.2) is 17.1 Å². The molecule has 2 atom stereocenters.